The summed E-state index contributed by atoms with van der Waals surface area (Å²) in [6.45, 7) is 7.45. The first-order valence-corrected chi connectivity index (χ1v) is 12.6. The van der Waals surface area contributed by atoms with Crippen LogP contribution >= 0.6 is 0 Å². The summed E-state index contributed by atoms with van der Waals surface area (Å²) in [6, 6.07) is 13.7. The SMILES string of the molecule is CCOc1ccc(N(C(C)C(=O)NCc2ccc(N3CCOCC3)cc2)S(C)(=O)=O)cc1. The molecule has 0 bridgehead atoms. The number of ether oxygens (including phenoxy) is 2. The minimum atomic E-state index is -3.67. The number of rotatable bonds is 9. The number of carbonyl (C=O) groups is 1. The number of sulfonamides is 1. The number of hydrogen-bond acceptors (Lipinski definition) is 6. The Morgan fingerprint density at radius 1 is 1.12 bits per heavy atom. The molecule has 2 aromatic rings. The Hall–Kier alpha value is -2.78. The van der Waals surface area contributed by atoms with Crippen molar-refractivity contribution in [1.82, 2.24) is 5.32 Å². The van der Waals surface area contributed by atoms with Crippen molar-refractivity contribution in [2.75, 3.05) is 48.4 Å². The molecule has 1 N–H and O–H groups in total. The van der Waals surface area contributed by atoms with Gasteiger partial charge in [-0.05, 0) is 55.8 Å². The zero-order valence-corrected chi connectivity index (χ0v) is 19.6. The average molecular weight is 462 g/mol. The van der Waals surface area contributed by atoms with E-state index in [0.717, 1.165) is 48.1 Å². The number of nitrogens with zero attached hydrogens (tertiary/aromatic N) is 2. The number of anilines is 2. The second-order valence-corrected chi connectivity index (χ2v) is 9.50. The molecule has 0 spiro atoms. The number of benzene rings is 2. The molecule has 32 heavy (non-hydrogen) atoms. The van der Waals surface area contributed by atoms with Gasteiger partial charge >= 0.3 is 0 Å². The topological polar surface area (TPSA) is 88.2 Å². The van der Waals surface area contributed by atoms with Gasteiger partial charge in [0.2, 0.25) is 15.9 Å². The Morgan fingerprint density at radius 2 is 1.75 bits per heavy atom. The smallest absolute Gasteiger partial charge is 0.243 e. The molecule has 1 aliphatic heterocycles. The second kappa shape index (κ2) is 10.7. The maximum Gasteiger partial charge on any atom is 0.243 e. The lowest BCUT2D eigenvalue weighted by atomic mass is 10.1. The van der Waals surface area contributed by atoms with Crippen LogP contribution in [0.15, 0.2) is 48.5 Å². The van der Waals surface area contributed by atoms with Crippen molar-refractivity contribution in [3.8, 4) is 5.75 Å². The highest BCUT2D eigenvalue weighted by Gasteiger charge is 2.29. The molecule has 2 aromatic carbocycles. The molecule has 1 saturated heterocycles. The van der Waals surface area contributed by atoms with Crippen LogP contribution in [0.1, 0.15) is 19.4 Å². The standard InChI is InChI=1S/C23H31N3O5S/c1-4-31-22-11-9-21(10-12-22)26(32(3,28)29)18(2)23(27)24-17-19-5-7-20(8-6-19)25-13-15-30-16-14-25/h5-12,18H,4,13-17H2,1-3H3,(H,24,27). The van der Waals surface area contributed by atoms with Crippen LogP contribution in [-0.4, -0.2) is 59.5 Å². The van der Waals surface area contributed by atoms with Gasteiger partial charge in [0.15, 0.2) is 0 Å². The van der Waals surface area contributed by atoms with Gasteiger partial charge in [0, 0.05) is 25.3 Å². The van der Waals surface area contributed by atoms with E-state index in [4.69, 9.17) is 9.47 Å². The first-order chi connectivity index (χ1) is 15.3. The molecule has 1 heterocycles. The third-order valence-electron chi connectivity index (χ3n) is 5.27. The zero-order valence-electron chi connectivity index (χ0n) is 18.8. The van der Waals surface area contributed by atoms with Crippen LogP contribution in [0.4, 0.5) is 11.4 Å². The zero-order chi connectivity index (χ0) is 23.1. The third kappa shape index (κ3) is 6.14. The monoisotopic (exact) mass is 461 g/mol. The van der Waals surface area contributed by atoms with E-state index < -0.39 is 16.1 Å². The molecule has 0 aromatic heterocycles. The van der Waals surface area contributed by atoms with E-state index in [1.165, 1.54) is 0 Å². The first kappa shape index (κ1) is 23.9. The molecule has 1 unspecified atom stereocenters. The summed E-state index contributed by atoms with van der Waals surface area (Å²) in [5, 5.41) is 2.85. The van der Waals surface area contributed by atoms with Gasteiger partial charge in [-0.25, -0.2) is 8.42 Å². The molecule has 0 radical (unpaired) electrons. The molecule has 3 rings (SSSR count). The van der Waals surface area contributed by atoms with Gasteiger partial charge in [0.1, 0.15) is 11.8 Å². The summed E-state index contributed by atoms with van der Waals surface area (Å²) in [6.07, 6.45) is 1.09. The molecule has 0 aliphatic carbocycles. The van der Waals surface area contributed by atoms with Crippen LogP contribution in [0, 0.1) is 0 Å². The molecule has 1 aliphatic rings. The Morgan fingerprint density at radius 3 is 2.31 bits per heavy atom. The van der Waals surface area contributed by atoms with Crippen LogP contribution in [0.5, 0.6) is 5.75 Å². The lowest BCUT2D eigenvalue weighted by Crippen LogP contribution is -2.47. The second-order valence-electron chi connectivity index (χ2n) is 7.65. The van der Waals surface area contributed by atoms with Gasteiger partial charge in [0.25, 0.3) is 0 Å². The summed E-state index contributed by atoms with van der Waals surface area (Å²) in [4.78, 5) is 15.1. The molecule has 0 saturated carbocycles. The fraction of sp³-hybridized carbons (Fsp3) is 0.435. The van der Waals surface area contributed by atoms with Gasteiger partial charge in [-0.15, -0.1) is 0 Å². The van der Waals surface area contributed by atoms with Crippen LogP contribution < -0.4 is 19.3 Å². The highest BCUT2D eigenvalue weighted by atomic mass is 32.2. The summed E-state index contributed by atoms with van der Waals surface area (Å²) < 4.78 is 36.8. The van der Waals surface area contributed by atoms with Gasteiger partial charge in [0.05, 0.1) is 31.8 Å². The van der Waals surface area contributed by atoms with Crippen LogP contribution in [0.2, 0.25) is 0 Å². The molecular weight excluding hydrogens is 430 g/mol. The Labute approximate surface area is 190 Å². The molecule has 174 valence electrons. The van der Waals surface area contributed by atoms with E-state index in [1.807, 2.05) is 31.2 Å². The van der Waals surface area contributed by atoms with E-state index in [1.54, 1.807) is 31.2 Å². The fourth-order valence-electron chi connectivity index (χ4n) is 3.65. The van der Waals surface area contributed by atoms with Gasteiger partial charge in [-0.1, -0.05) is 12.1 Å². The van der Waals surface area contributed by atoms with Crippen molar-refractivity contribution in [1.29, 1.82) is 0 Å². The van der Waals surface area contributed by atoms with Crippen molar-refractivity contribution >= 4 is 27.3 Å². The van der Waals surface area contributed by atoms with Crippen molar-refractivity contribution in [3.63, 3.8) is 0 Å². The normalized spacial score (nSPS) is 15.2. The molecule has 1 fully saturated rings. The predicted molar refractivity (Wildman–Crippen MR) is 126 cm³/mol. The number of amides is 1. The van der Waals surface area contributed by atoms with Crippen molar-refractivity contribution < 1.29 is 22.7 Å². The Balaban J connectivity index is 1.64. The van der Waals surface area contributed by atoms with Crippen molar-refractivity contribution in [2.24, 2.45) is 0 Å². The minimum Gasteiger partial charge on any atom is -0.494 e. The summed E-state index contributed by atoms with van der Waals surface area (Å²) in [5.41, 5.74) is 2.47. The summed E-state index contributed by atoms with van der Waals surface area (Å²) in [5.74, 6) is 0.267. The Bertz CT molecular complexity index is 987. The highest BCUT2D eigenvalue weighted by molar-refractivity contribution is 7.92. The van der Waals surface area contributed by atoms with E-state index >= 15 is 0 Å². The van der Waals surface area contributed by atoms with Crippen LogP contribution in [-0.2, 0) is 26.1 Å². The van der Waals surface area contributed by atoms with Crippen LogP contribution in [0.3, 0.4) is 0 Å². The molecular formula is C23H31N3O5S. The molecule has 1 amide bonds. The van der Waals surface area contributed by atoms with Gasteiger partial charge in [-0.2, -0.15) is 0 Å². The van der Waals surface area contributed by atoms with Crippen molar-refractivity contribution in [3.05, 3.63) is 54.1 Å². The van der Waals surface area contributed by atoms with E-state index in [9.17, 15) is 13.2 Å². The average Bonchev–Trinajstić information content (AvgIpc) is 2.79. The third-order valence-corrected chi connectivity index (χ3v) is 6.51. The maximum absolute atomic E-state index is 12.8. The summed E-state index contributed by atoms with van der Waals surface area (Å²) in [7, 11) is -3.67. The number of morpholine rings is 1. The number of hydrogen-bond donors (Lipinski definition) is 1. The number of nitrogens with one attached hydrogen (secondary N) is 1. The highest BCUT2D eigenvalue weighted by Crippen LogP contribution is 2.24. The molecule has 9 heteroatoms. The largest absolute Gasteiger partial charge is 0.494 e. The lowest BCUT2D eigenvalue weighted by molar-refractivity contribution is -0.122. The number of carbonyl (C=O) groups excluding carboxylic acids is 1. The van der Waals surface area contributed by atoms with E-state index in [2.05, 4.69) is 10.2 Å². The first-order valence-electron chi connectivity index (χ1n) is 10.7. The predicted octanol–water partition coefficient (Wildman–Crippen LogP) is 2.39. The lowest BCUT2D eigenvalue weighted by Gasteiger charge is -2.29. The molecule has 1 atom stereocenters. The van der Waals surface area contributed by atoms with E-state index in [0.29, 0.717) is 24.6 Å². The van der Waals surface area contributed by atoms with Gasteiger partial charge in [-0.3, -0.25) is 9.10 Å². The quantitative estimate of drug-likeness (QED) is 0.617. The minimum absolute atomic E-state index is 0.313. The maximum atomic E-state index is 12.8. The van der Waals surface area contributed by atoms with Crippen LogP contribution in [0.25, 0.3) is 0 Å². The van der Waals surface area contributed by atoms with Crippen molar-refractivity contribution in [2.45, 2.75) is 26.4 Å². The Kier molecular flexibility index (Phi) is 7.98. The van der Waals surface area contributed by atoms with E-state index in [-0.39, 0.29) is 5.91 Å². The fourth-order valence-corrected chi connectivity index (χ4v) is 4.82. The van der Waals surface area contributed by atoms with Gasteiger partial charge < -0.3 is 19.7 Å². The molecule has 8 nitrogen and oxygen atoms in total. The summed E-state index contributed by atoms with van der Waals surface area (Å²) >= 11 is 0.